The minimum absolute atomic E-state index is 0.371. The van der Waals surface area contributed by atoms with Crippen molar-refractivity contribution in [3.05, 3.63) is 42.4 Å². The Bertz CT molecular complexity index is 750. The van der Waals surface area contributed by atoms with Crippen LogP contribution < -0.4 is 11.1 Å². The molecule has 1 aliphatic heterocycles. The van der Waals surface area contributed by atoms with Gasteiger partial charge in [0.15, 0.2) is 5.96 Å². The molecule has 138 valence electrons. The van der Waals surface area contributed by atoms with E-state index in [0.717, 1.165) is 11.9 Å². The van der Waals surface area contributed by atoms with Gasteiger partial charge in [-0.2, -0.15) is 5.10 Å². The third kappa shape index (κ3) is 3.72. The number of aryl methyl sites for hydroxylation is 1. The molecule has 2 atom stereocenters. The summed E-state index contributed by atoms with van der Waals surface area (Å²) < 4.78 is 2.01. The highest BCUT2D eigenvalue weighted by Gasteiger charge is 2.41. The largest absolute Gasteiger partial charge is 0.370 e. The number of hydrogen-bond acceptors (Lipinski definition) is 4. The Balaban J connectivity index is 1.49. The van der Waals surface area contributed by atoms with Crippen LogP contribution in [-0.2, 0) is 7.05 Å². The molecular formula is C19H27N7. The van der Waals surface area contributed by atoms with Gasteiger partial charge in [0.1, 0.15) is 5.82 Å². The summed E-state index contributed by atoms with van der Waals surface area (Å²) in [7, 11) is 2.03. The number of nitrogens with one attached hydrogen (secondary N) is 1. The van der Waals surface area contributed by atoms with E-state index in [1.54, 1.807) is 6.20 Å². The molecule has 3 N–H and O–H groups in total. The molecular weight excluding hydrogens is 326 g/mol. The molecule has 2 aliphatic rings. The van der Waals surface area contributed by atoms with E-state index in [4.69, 9.17) is 5.73 Å². The highest BCUT2D eigenvalue weighted by molar-refractivity contribution is 5.91. The number of guanidine groups is 1. The lowest BCUT2D eigenvalue weighted by atomic mass is 9.86. The van der Waals surface area contributed by atoms with Gasteiger partial charge in [0.2, 0.25) is 0 Å². The van der Waals surface area contributed by atoms with Gasteiger partial charge < -0.3 is 11.1 Å². The number of nitrogens with two attached hydrogens (primary N) is 1. The zero-order valence-electron chi connectivity index (χ0n) is 15.3. The molecule has 0 amide bonds. The summed E-state index contributed by atoms with van der Waals surface area (Å²) in [5.41, 5.74) is 7.38. The molecule has 0 radical (unpaired) electrons. The summed E-state index contributed by atoms with van der Waals surface area (Å²) in [6.45, 7) is 1.88. The third-order valence-corrected chi connectivity index (χ3v) is 5.39. The van der Waals surface area contributed by atoms with Gasteiger partial charge in [-0.1, -0.05) is 6.07 Å². The predicted octanol–water partition coefficient (Wildman–Crippen LogP) is 2.16. The van der Waals surface area contributed by atoms with E-state index in [1.807, 2.05) is 36.1 Å². The normalized spacial score (nSPS) is 24.6. The maximum Gasteiger partial charge on any atom is 0.194 e. The third-order valence-electron chi connectivity index (χ3n) is 5.39. The van der Waals surface area contributed by atoms with E-state index >= 15 is 0 Å². The quantitative estimate of drug-likeness (QED) is 0.636. The Kier molecular flexibility index (Phi) is 4.88. The SMILES string of the molecule is Cn1nccc1[C@H]1[C@H](CN=C(N)Nc2ccccn2)CCCN1C1CC1. The molecule has 0 spiro atoms. The van der Waals surface area contributed by atoms with E-state index in [-0.39, 0.29) is 0 Å². The molecule has 0 aromatic carbocycles. The topological polar surface area (TPSA) is 84.4 Å². The lowest BCUT2D eigenvalue weighted by Gasteiger charge is -2.41. The van der Waals surface area contributed by atoms with Crippen LogP contribution in [0.25, 0.3) is 0 Å². The molecule has 26 heavy (non-hydrogen) atoms. The first-order valence-electron chi connectivity index (χ1n) is 9.44. The van der Waals surface area contributed by atoms with Gasteiger partial charge in [0.25, 0.3) is 0 Å². The fraction of sp³-hybridized carbons (Fsp3) is 0.526. The molecule has 0 unspecified atom stereocenters. The van der Waals surface area contributed by atoms with Crippen LogP contribution in [-0.4, -0.2) is 44.8 Å². The highest BCUT2D eigenvalue weighted by atomic mass is 15.3. The summed E-state index contributed by atoms with van der Waals surface area (Å²) in [6.07, 6.45) is 8.65. The zero-order valence-corrected chi connectivity index (χ0v) is 15.3. The van der Waals surface area contributed by atoms with E-state index in [2.05, 4.69) is 31.4 Å². The van der Waals surface area contributed by atoms with Crippen molar-refractivity contribution in [2.75, 3.05) is 18.4 Å². The minimum atomic E-state index is 0.371. The van der Waals surface area contributed by atoms with Gasteiger partial charge in [-0.25, -0.2) is 4.98 Å². The van der Waals surface area contributed by atoms with Crippen LogP contribution in [0.4, 0.5) is 5.82 Å². The molecule has 1 saturated heterocycles. The number of pyridine rings is 1. The van der Waals surface area contributed by atoms with E-state index in [1.165, 1.54) is 37.9 Å². The smallest absolute Gasteiger partial charge is 0.194 e. The second-order valence-electron chi connectivity index (χ2n) is 7.26. The van der Waals surface area contributed by atoms with E-state index < -0.39 is 0 Å². The van der Waals surface area contributed by atoms with Gasteiger partial charge in [-0.05, 0) is 56.3 Å². The highest BCUT2D eigenvalue weighted by Crippen LogP contribution is 2.42. The van der Waals surface area contributed by atoms with Gasteiger partial charge in [0.05, 0.1) is 11.7 Å². The van der Waals surface area contributed by atoms with Gasteiger partial charge in [-0.15, -0.1) is 0 Å². The van der Waals surface area contributed by atoms with Crippen molar-refractivity contribution in [3.8, 4) is 0 Å². The molecule has 3 heterocycles. The minimum Gasteiger partial charge on any atom is -0.370 e. The van der Waals surface area contributed by atoms with Crippen LogP contribution >= 0.6 is 0 Å². The number of hydrogen-bond donors (Lipinski definition) is 2. The van der Waals surface area contributed by atoms with Crippen LogP contribution in [0.1, 0.15) is 37.4 Å². The number of aliphatic imine (C=N–C) groups is 1. The molecule has 2 fully saturated rings. The van der Waals surface area contributed by atoms with Crippen molar-refractivity contribution in [2.24, 2.45) is 23.7 Å². The lowest BCUT2D eigenvalue weighted by molar-refractivity contribution is 0.0824. The Morgan fingerprint density at radius 3 is 2.85 bits per heavy atom. The van der Waals surface area contributed by atoms with Gasteiger partial charge in [-0.3, -0.25) is 14.6 Å². The Hall–Kier alpha value is -2.41. The predicted molar refractivity (Wildman–Crippen MR) is 103 cm³/mol. The average molecular weight is 353 g/mol. The summed E-state index contributed by atoms with van der Waals surface area (Å²) in [6, 6.07) is 8.94. The molecule has 0 bridgehead atoms. The van der Waals surface area contributed by atoms with Crippen LogP contribution in [0.15, 0.2) is 41.7 Å². The van der Waals surface area contributed by atoms with E-state index in [0.29, 0.717) is 24.5 Å². The summed E-state index contributed by atoms with van der Waals surface area (Å²) >= 11 is 0. The van der Waals surface area contributed by atoms with Crippen molar-refractivity contribution in [1.29, 1.82) is 0 Å². The molecule has 2 aromatic heterocycles. The maximum absolute atomic E-state index is 6.09. The van der Waals surface area contributed by atoms with Crippen molar-refractivity contribution in [1.82, 2.24) is 19.7 Å². The first-order valence-corrected chi connectivity index (χ1v) is 9.44. The van der Waals surface area contributed by atoms with Crippen LogP contribution in [0.3, 0.4) is 0 Å². The molecule has 2 aromatic rings. The molecule has 7 heteroatoms. The zero-order chi connectivity index (χ0) is 17.9. The van der Waals surface area contributed by atoms with Crippen molar-refractivity contribution < 1.29 is 0 Å². The fourth-order valence-corrected chi connectivity index (χ4v) is 4.02. The van der Waals surface area contributed by atoms with Crippen molar-refractivity contribution in [2.45, 2.75) is 37.8 Å². The number of piperidine rings is 1. The number of rotatable bonds is 5. The first kappa shape index (κ1) is 17.0. The van der Waals surface area contributed by atoms with Crippen LogP contribution in [0.5, 0.6) is 0 Å². The molecule has 1 aliphatic carbocycles. The maximum atomic E-state index is 6.09. The summed E-state index contributed by atoms with van der Waals surface area (Å²) in [5, 5.41) is 7.47. The second kappa shape index (κ2) is 7.45. The standard InChI is InChI=1S/C19H27N7/c1-25-16(9-11-23-25)18-14(5-4-12-26(18)15-7-8-15)13-22-19(20)24-17-6-2-3-10-21-17/h2-3,6,9-11,14-15,18H,4-5,7-8,12-13H2,1H3,(H3,20,21,22,24)/t14-,18+/m0/s1. The van der Waals surface area contributed by atoms with Crippen molar-refractivity contribution >= 4 is 11.8 Å². The van der Waals surface area contributed by atoms with Crippen LogP contribution in [0, 0.1) is 5.92 Å². The Labute approximate surface area is 154 Å². The fourth-order valence-electron chi connectivity index (χ4n) is 4.02. The number of aromatic nitrogens is 3. The molecule has 4 rings (SSSR count). The monoisotopic (exact) mass is 353 g/mol. The first-order chi connectivity index (χ1) is 12.7. The van der Waals surface area contributed by atoms with Crippen molar-refractivity contribution in [3.63, 3.8) is 0 Å². The Morgan fingerprint density at radius 1 is 1.27 bits per heavy atom. The lowest BCUT2D eigenvalue weighted by Crippen LogP contribution is -2.42. The number of nitrogens with zero attached hydrogens (tertiary/aromatic N) is 5. The molecule has 1 saturated carbocycles. The average Bonchev–Trinajstić information content (AvgIpc) is 3.42. The number of likely N-dealkylation sites (tertiary alicyclic amines) is 1. The van der Waals surface area contributed by atoms with Gasteiger partial charge >= 0.3 is 0 Å². The van der Waals surface area contributed by atoms with Crippen LogP contribution in [0.2, 0.25) is 0 Å². The summed E-state index contributed by atoms with van der Waals surface area (Å²) in [5.74, 6) is 1.60. The molecule has 7 nitrogen and oxygen atoms in total. The number of anilines is 1. The second-order valence-corrected chi connectivity index (χ2v) is 7.26. The van der Waals surface area contributed by atoms with E-state index in [9.17, 15) is 0 Å². The Morgan fingerprint density at radius 2 is 2.15 bits per heavy atom. The van der Waals surface area contributed by atoms with Gasteiger partial charge in [0, 0.05) is 32.0 Å². The summed E-state index contributed by atoms with van der Waals surface area (Å²) in [4.78, 5) is 11.5.